The van der Waals surface area contributed by atoms with Gasteiger partial charge in [0.15, 0.2) is 0 Å². The van der Waals surface area contributed by atoms with Crippen LogP contribution in [0.1, 0.15) is 25.8 Å². The van der Waals surface area contributed by atoms with Crippen molar-refractivity contribution in [2.24, 2.45) is 0 Å². The van der Waals surface area contributed by atoms with Crippen LogP contribution >= 0.6 is 27.7 Å². The lowest BCUT2D eigenvalue weighted by Crippen LogP contribution is -2.43. The summed E-state index contributed by atoms with van der Waals surface area (Å²) in [6.45, 7) is 5.05. The molecule has 1 unspecified atom stereocenters. The molecule has 0 aromatic heterocycles. The van der Waals surface area contributed by atoms with E-state index in [1.807, 2.05) is 62.4 Å². The Morgan fingerprint density at radius 2 is 2.16 bits per heavy atom. The molecule has 170 valence electrons. The van der Waals surface area contributed by atoms with Gasteiger partial charge in [-0.25, -0.2) is 4.79 Å². The minimum atomic E-state index is -0.185. The van der Waals surface area contributed by atoms with E-state index < -0.39 is 0 Å². The molecule has 0 radical (unpaired) electrons. The van der Waals surface area contributed by atoms with Crippen molar-refractivity contribution in [3.8, 4) is 5.75 Å². The zero-order chi connectivity index (χ0) is 23.1. The van der Waals surface area contributed by atoms with Gasteiger partial charge in [-0.1, -0.05) is 36.1 Å². The second-order valence-electron chi connectivity index (χ2n) is 7.62. The van der Waals surface area contributed by atoms with Gasteiger partial charge in [0.05, 0.1) is 17.7 Å². The van der Waals surface area contributed by atoms with Gasteiger partial charge in [0.1, 0.15) is 15.9 Å². The van der Waals surface area contributed by atoms with E-state index in [1.165, 1.54) is 11.8 Å². The van der Waals surface area contributed by atoms with Crippen LogP contribution in [0.15, 0.2) is 51.9 Å². The van der Waals surface area contributed by atoms with Crippen molar-refractivity contribution in [1.82, 2.24) is 5.32 Å². The van der Waals surface area contributed by atoms with Crippen molar-refractivity contribution < 1.29 is 23.6 Å². The molecule has 0 bridgehead atoms. The number of ether oxygens (including phenoxy) is 2. The van der Waals surface area contributed by atoms with E-state index >= 15 is 0 Å². The molecule has 0 saturated carbocycles. The van der Waals surface area contributed by atoms with Gasteiger partial charge in [0.2, 0.25) is 12.3 Å². The van der Waals surface area contributed by atoms with E-state index in [9.17, 15) is 9.59 Å². The SMILES string of the molecule is COc1ccc(/C=C2/SC3C=CC=CC3=[N+](CC(=O)NCCCOC(C)C)C2=O)cc1Br. The number of nitrogens with one attached hydrogen (secondary N) is 1. The Morgan fingerprint density at radius 1 is 1.34 bits per heavy atom. The number of hydrogen-bond donors (Lipinski definition) is 1. The third kappa shape index (κ3) is 6.43. The zero-order valence-corrected chi connectivity index (χ0v) is 20.9. The molecule has 6 nitrogen and oxygen atoms in total. The number of fused-ring (bicyclic) bond motifs is 1. The summed E-state index contributed by atoms with van der Waals surface area (Å²) in [5.41, 5.74) is 1.70. The molecule has 1 atom stereocenters. The number of carbonyl (C=O) groups is 2. The van der Waals surface area contributed by atoms with Crippen LogP contribution in [-0.4, -0.2) is 60.3 Å². The minimum absolute atomic E-state index is 0.0158. The Kier molecular flexibility index (Phi) is 8.90. The fourth-order valence-electron chi connectivity index (χ4n) is 3.29. The first-order valence-corrected chi connectivity index (χ1v) is 12.2. The molecule has 0 fully saturated rings. The maximum Gasteiger partial charge on any atom is 0.426 e. The van der Waals surface area contributed by atoms with Crippen LogP contribution in [0.5, 0.6) is 5.75 Å². The number of nitrogens with zero attached hydrogens (tertiary/aromatic N) is 1. The molecule has 1 aliphatic carbocycles. The summed E-state index contributed by atoms with van der Waals surface area (Å²) in [4.78, 5) is 26.5. The minimum Gasteiger partial charge on any atom is -0.496 e. The molecule has 8 heteroatoms. The molecular formula is C24H28BrN2O4S+. The fourth-order valence-corrected chi connectivity index (χ4v) is 5.04. The summed E-state index contributed by atoms with van der Waals surface area (Å²) in [6.07, 6.45) is 10.6. The summed E-state index contributed by atoms with van der Waals surface area (Å²) < 4.78 is 13.2. The number of thioether (sulfide) groups is 1. The van der Waals surface area contributed by atoms with Gasteiger partial charge in [-0.2, -0.15) is 0 Å². The van der Waals surface area contributed by atoms with Crippen LogP contribution in [0.3, 0.4) is 0 Å². The number of allylic oxidation sites excluding steroid dienone is 3. The fraction of sp³-hybridized carbons (Fsp3) is 0.375. The standard InChI is InChI=1S/C24H27BrN2O4S/c1-16(2)31-12-6-11-26-23(28)15-27-19-7-4-5-8-21(19)32-22(24(27)29)14-17-9-10-20(30-3)18(25)13-17/h4-5,7-10,13-14,16,21H,6,11-12,15H2,1-3H3/p+1/b22-14+. The average Bonchev–Trinajstić information content (AvgIpc) is 2.76. The Balaban J connectivity index is 1.75. The van der Waals surface area contributed by atoms with Crippen molar-refractivity contribution in [3.63, 3.8) is 0 Å². The van der Waals surface area contributed by atoms with Gasteiger partial charge in [0, 0.05) is 19.2 Å². The van der Waals surface area contributed by atoms with Crippen LogP contribution < -0.4 is 10.1 Å². The summed E-state index contributed by atoms with van der Waals surface area (Å²) in [6, 6.07) is 5.66. The molecule has 0 spiro atoms. The normalized spacial score (nSPS) is 19.0. The van der Waals surface area contributed by atoms with Gasteiger partial charge in [-0.3, -0.25) is 4.79 Å². The van der Waals surface area contributed by atoms with Crippen LogP contribution in [0.25, 0.3) is 6.08 Å². The maximum absolute atomic E-state index is 13.3. The quantitative estimate of drug-likeness (QED) is 0.304. The first-order chi connectivity index (χ1) is 15.4. The smallest absolute Gasteiger partial charge is 0.426 e. The molecule has 1 heterocycles. The average molecular weight is 520 g/mol. The van der Waals surface area contributed by atoms with Crippen LogP contribution in [-0.2, 0) is 14.3 Å². The van der Waals surface area contributed by atoms with Crippen molar-refractivity contribution in [2.45, 2.75) is 31.6 Å². The van der Waals surface area contributed by atoms with Crippen molar-refractivity contribution in [3.05, 3.63) is 57.4 Å². The monoisotopic (exact) mass is 519 g/mol. The predicted octanol–water partition coefficient (Wildman–Crippen LogP) is 3.95. The molecule has 2 amide bonds. The van der Waals surface area contributed by atoms with Gasteiger partial charge in [-0.05, 0) is 60.0 Å². The largest absolute Gasteiger partial charge is 0.496 e. The molecule has 1 aromatic carbocycles. The second-order valence-corrected chi connectivity index (χ2v) is 9.66. The maximum atomic E-state index is 13.3. The topological polar surface area (TPSA) is 67.6 Å². The second kappa shape index (κ2) is 11.6. The molecule has 1 aliphatic heterocycles. The van der Waals surface area contributed by atoms with Gasteiger partial charge < -0.3 is 14.8 Å². The number of amides is 2. The molecule has 1 N–H and O–H groups in total. The third-order valence-corrected chi connectivity index (χ3v) is 6.67. The number of carbonyl (C=O) groups excluding carboxylic acids is 2. The number of rotatable bonds is 9. The van der Waals surface area contributed by atoms with Crippen molar-refractivity contribution in [1.29, 1.82) is 0 Å². The zero-order valence-electron chi connectivity index (χ0n) is 18.5. The summed E-state index contributed by atoms with van der Waals surface area (Å²) in [5, 5.41) is 2.87. The van der Waals surface area contributed by atoms with Gasteiger partial charge in [0.25, 0.3) is 5.91 Å². The third-order valence-electron chi connectivity index (χ3n) is 4.85. The predicted molar refractivity (Wildman–Crippen MR) is 132 cm³/mol. The molecule has 32 heavy (non-hydrogen) atoms. The Hall–Kier alpha value is -2.16. The number of halogens is 1. The van der Waals surface area contributed by atoms with E-state index in [0.717, 1.165) is 27.9 Å². The van der Waals surface area contributed by atoms with Crippen molar-refractivity contribution in [2.75, 3.05) is 26.8 Å². The molecule has 2 aliphatic rings. The lowest BCUT2D eigenvalue weighted by atomic mass is 10.1. The Bertz CT molecular complexity index is 998. The lowest BCUT2D eigenvalue weighted by Gasteiger charge is -2.21. The molecule has 1 aromatic rings. The van der Waals surface area contributed by atoms with Crippen LogP contribution in [0.4, 0.5) is 0 Å². The highest BCUT2D eigenvalue weighted by atomic mass is 79.9. The number of methoxy groups -OCH3 is 1. The van der Waals surface area contributed by atoms with Gasteiger partial charge in [-0.15, -0.1) is 4.58 Å². The number of benzene rings is 1. The Labute approximate surface area is 201 Å². The Morgan fingerprint density at radius 3 is 2.88 bits per heavy atom. The summed E-state index contributed by atoms with van der Waals surface area (Å²) >= 11 is 4.98. The van der Waals surface area contributed by atoms with E-state index in [-0.39, 0.29) is 29.7 Å². The van der Waals surface area contributed by atoms with Crippen molar-refractivity contribution >= 4 is 51.3 Å². The first kappa shape index (κ1) is 24.5. The van der Waals surface area contributed by atoms with Crippen LogP contribution in [0.2, 0.25) is 0 Å². The van der Waals surface area contributed by atoms with E-state index in [2.05, 4.69) is 21.2 Å². The molecule has 3 rings (SSSR count). The van der Waals surface area contributed by atoms with E-state index in [4.69, 9.17) is 9.47 Å². The van der Waals surface area contributed by atoms with Gasteiger partial charge >= 0.3 is 5.91 Å². The highest BCUT2D eigenvalue weighted by Crippen LogP contribution is 2.34. The summed E-state index contributed by atoms with van der Waals surface area (Å²) in [7, 11) is 1.61. The first-order valence-electron chi connectivity index (χ1n) is 10.5. The molecule has 0 saturated heterocycles. The highest BCUT2D eigenvalue weighted by molar-refractivity contribution is 9.10. The number of hydrogen-bond acceptors (Lipinski definition) is 5. The highest BCUT2D eigenvalue weighted by Gasteiger charge is 2.39. The van der Waals surface area contributed by atoms with Crippen LogP contribution in [0, 0.1) is 0 Å². The lowest BCUT2D eigenvalue weighted by molar-refractivity contribution is -0.434. The summed E-state index contributed by atoms with van der Waals surface area (Å²) in [5.74, 6) is 0.366. The van der Waals surface area contributed by atoms with E-state index in [0.29, 0.717) is 18.1 Å². The molecular weight excluding hydrogens is 492 g/mol. The van der Waals surface area contributed by atoms with E-state index in [1.54, 1.807) is 11.7 Å².